The molecule has 0 spiro atoms. The van der Waals surface area contributed by atoms with Crippen LogP contribution in [0.4, 0.5) is 0 Å². The summed E-state index contributed by atoms with van der Waals surface area (Å²) in [6, 6.07) is 23.3. The maximum absolute atomic E-state index is 11.0. The Bertz CT molecular complexity index is 1040. The van der Waals surface area contributed by atoms with Gasteiger partial charge in [-0.05, 0) is 47.0 Å². The standard InChI is InChI=1S/C21H12N2O2/c22-12-14-3-1-4-17(11-14)19-6-2-5-18(13-23)20(19)15-7-9-16(10-8-15)21(24)25/h1-11H,(H,24,25). The number of carboxylic acids is 1. The number of carbonyl (C=O) groups is 1. The van der Waals surface area contributed by atoms with Crippen LogP contribution in [0.3, 0.4) is 0 Å². The normalized spacial score (nSPS) is 9.84. The van der Waals surface area contributed by atoms with Crippen LogP contribution in [0.5, 0.6) is 0 Å². The van der Waals surface area contributed by atoms with E-state index in [1.807, 2.05) is 12.1 Å². The molecule has 0 saturated carbocycles. The van der Waals surface area contributed by atoms with Gasteiger partial charge in [-0.25, -0.2) is 4.79 Å². The van der Waals surface area contributed by atoms with Crippen molar-refractivity contribution in [3.63, 3.8) is 0 Å². The third-order valence-electron chi connectivity index (χ3n) is 3.91. The molecule has 1 N–H and O–H groups in total. The number of rotatable bonds is 3. The van der Waals surface area contributed by atoms with E-state index in [9.17, 15) is 10.1 Å². The molecule has 0 radical (unpaired) electrons. The summed E-state index contributed by atoms with van der Waals surface area (Å²) < 4.78 is 0. The maximum atomic E-state index is 11.0. The lowest BCUT2D eigenvalue weighted by molar-refractivity contribution is 0.0697. The lowest BCUT2D eigenvalue weighted by atomic mass is 9.90. The number of nitriles is 2. The van der Waals surface area contributed by atoms with Crippen LogP contribution in [0.2, 0.25) is 0 Å². The topological polar surface area (TPSA) is 84.9 Å². The van der Waals surface area contributed by atoms with Gasteiger partial charge in [0.05, 0.1) is 28.8 Å². The van der Waals surface area contributed by atoms with Crippen LogP contribution in [0, 0.1) is 22.7 Å². The van der Waals surface area contributed by atoms with E-state index in [0.717, 1.165) is 22.3 Å². The highest BCUT2D eigenvalue weighted by molar-refractivity contribution is 5.91. The van der Waals surface area contributed by atoms with Gasteiger partial charge in [-0.1, -0.05) is 36.4 Å². The number of aromatic carboxylic acids is 1. The molecule has 3 aromatic carbocycles. The molecular weight excluding hydrogens is 312 g/mol. The van der Waals surface area contributed by atoms with Crippen molar-refractivity contribution in [2.24, 2.45) is 0 Å². The Hall–Kier alpha value is -3.89. The molecule has 0 amide bonds. The Morgan fingerprint density at radius 3 is 2.20 bits per heavy atom. The Kier molecular flexibility index (Phi) is 4.28. The molecule has 4 nitrogen and oxygen atoms in total. The van der Waals surface area contributed by atoms with Gasteiger partial charge >= 0.3 is 5.97 Å². The van der Waals surface area contributed by atoms with Crippen LogP contribution in [-0.4, -0.2) is 11.1 Å². The van der Waals surface area contributed by atoms with E-state index in [1.165, 1.54) is 12.1 Å². The van der Waals surface area contributed by atoms with Crippen molar-refractivity contribution in [3.8, 4) is 34.4 Å². The van der Waals surface area contributed by atoms with E-state index in [4.69, 9.17) is 10.4 Å². The Labute approximate surface area is 144 Å². The Balaban J connectivity index is 2.23. The van der Waals surface area contributed by atoms with Crippen LogP contribution in [0.15, 0.2) is 66.7 Å². The predicted molar refractivity (Wildman–Crippen MR) is 93.7 cm³/mol. The minimum atomic E-state index is -0.998. The van der Waals surface area contributed by atoms with E-state index in [2.05, 4.69) is 12.1 Å². The van der Waals surface area contributed by atoms with E-state index in [1.54, 1.807) is 42.5 Å². The number of nitrogens with zero attached hydrogens (tertiary/aromatic N) is 2. The van der Waals surface area contributed by atoms with Crippen molar-refractivity contribution in [1.82, 2.24) is 0 Å². The summed E-state index contributed by atoms with van der Waals surface area (Å²) in [5, 5.41) is 27.7. The first-order chi connectivity index (χ1) is 12.1. The van der Waals surface area contributed by atoms with Crippen molar-refractivity contribution in [1.29, 1.82) is 10.5 Å². The molecular formula is C21H12N2O2. The summed E-state index contributed by atoms with van der Waals surface area (Å²) in [5.74, 6) is -0.998. The summed E-state index contributed by atoms with van der Waals surface area (Å²) in [4.78, 5) is 11.0. The summed E-state index contributed by atoms with van der Waals surface area (Å²) in [6.07, 6.45) is 0. The Morgan fingerprint density at radius 1 is 0.840 bits per heavy atom. The SMILES string of the molecule is N#Cc1cccc(-c2cccc(C#N)c2-c2ccc(C(=O)O)cc2)c1. The second kappa shape index (κ2) is 6.70. The molecule has 25 heavy (non-hydrogen) atoms. The van der Waals surface area contributed by atoms with Crippen LogP contribution in [0.1, 0.15) is 21.5 Å². The average molecular weight is 324 g/mol. The highest BCUT2D eigenvalue weighted by Gasteiger charge is 2.13. The van der Waals surface area contributed by atoms with Crippen LogP contribution in [-0.2, 0) is 0 Å². The van der Waals surface area contributed by atoms with E-state index in [-0.39, 0.29) is 5.56 Å². The first kappa shape index (κ1) is 16.0. The van der Waals surface area contributed by atoms with E-state index >= 15 is 0 Å². The number of hydrogen-bond donors (Lipinski definition) is 1. The van der Waals surface area contributed by atoms with Crippen molar-refractivity contribution in [2.75, 3.05) is 0 Å². The fourth-order valence-electron chi connectivity index (χ4n) is 2.73. The number of hydrogen-bond acceptors (Lipinski definition) is 3. The molecule has 0 aliphatic carbocycles. The average Bonchev–Trinajstić information content (AvgIpc) is 2.67. The summed E-state index contributed by atoms with van der Waals surface area (Å²) in [7, 11) is 0. The van der Waals surface area contributed by atoms with Crippen molar-refractivity contribution in [2.45, 2.75) is 0 Å². The second-order valence-electron chi connectivity index (χ2n) is 5.42. The predicted octanol–water partition coefficient (Wildman–Crippen LogP) is 4.46. The lowest BCUT2D eigenvalue weighted by Gasteiger charge is -2.12. The first-order valence-corrected chi connectivity index (χ1v) is 7.51. The molecule has 3 rings (SSSR count). The third kappa shape index (κ3) is 3.10. The maximum Gasteiger partial charge on any atom is 0.335 e. The fourth-order valence-corrected chi connectivity index (χ4v) is 2.73. The highest BCUT2D eigenvalue weighted by Crippen LogP contribution is 2.35. The van der Waals surface area contributed by atoms with Crippen molar-refractivity contribution in [3.05, 3.63) is 83.4 Å². The quantitative estimate of drug-likeness (QED) is 0.770. The van der Waals surface area contributed by atoms with Gasteiger partial charge in [-0.2, -0.15) is 10.5 Å². The fraction of sp³-hybridized carbons (Fsp3) is 0. The molecule has 0 unspecified atom stereocenters. The van der Waals surface area contributed by atoms with Crippen LogP contribution < -0.4 is 0 Å². The molecule has 0 bridgehead atoms. The van der Waals surface area contributed by atoms with Crippen LogP contribution in [0.25, 0.3) is 22.3 Å². The summed E-state index contributed by atoms with van der Waals surface area (Å²) >= 11 is 0. The van der Waals surface area contributed by atoms with Gasteiger partial charge in [0.1, 0.15) is 0 Å². The Morgan fingerprint density at radius 2 is 1.56 bits per heavy atom. The molecule has 118 valence electrons. The van der Waals surface area contributed by atoms with Gasteiger partial charge < -0.3 is 5.11 Å². The van der Waals surface area contributed by atoms with Crippen molar-refractivity contribution < 1.29 is 9.90 Å². The smallest absolute Gasteiger partial charge is 0.335 e. The molecule has 4 heteroatoms. The summed E-state index contributed by atoms with van der Waals surface area (Å²) in [6.45, 7) is 0. The van der Waals surface area contributed by atoms with E-state index in [0.29, 0.717) is 11.1 Å². The summed E-state index contributed by atoms with van der Waals surface area (Å²) in [5.41, 5.74) is 4.32. The van der Waals surface area contributed by atoms with Gasteiger partial charge in [-0.15, -0.1) is 0 Å². The minimum absolute atomic E-state index is 0.186. The zero-order valence-electron chi connectivity index (χ0n) is 13.1. The molecule has 0 aromatic heterocycles. The zero-order valence-corrected chi connectivity index (χ0v) is 13.1. The molecule has 0 fully saturated rings. The monoisotopic (exact) mass is 324 g/mol. The first-order valence-electron chi connectivity index (χ1n) is 7.51. The van der Waals surface area contributed by atoms with E-state index < -0.39 is 5.97 Å². The molecule has 0 aliphatic rings. The number of carboxylic acid groups (broad SMARTS) is 1. The van der Waals surface area contributed by atoms with Gasteiger partial charge in [0, 0.05) is 5.56 Å². The van der Waals surface area contributed by atoms with Gasteiger partial charge in [0.2, 0.25) is 0 Å². The highest BCUT2D eigenvalue weighted by atomic mass is 16.4. The van der Waals surface area contributed by atoms with Crippen molar-refractivity contribution >= 4 is 5.97 Å². The number of benzene rings is 3. The van der Waals surface area contributed by atoms with Gasteiger partial charge in [-0.3, -0.25) is 0 Å². The van der Waals surface area contributed by atoms with Gasteiger partial charge in [0.25, 0.3) is 0 Å². The lowest BCUT2D eigenvalue weighted by Crippen LogP contribution is -1.96. The molecule has 0 aliphatic heterocycles. The third-order valence-corrected chi connectivity index (χ3v) is 3.91. The second-order valence-corrected chi connectivity index (χ2v) is 5.42. The molecule has 3 aromatic rings. The molecule has 0 saturated heterocycles. The van der Waals surface area contributed by atoms with Crippen LogP contribution >= 0.6 is 0 Å². The molecule has 0 atom stereocenters. The largest absolute Gasteiger partial charge is 0.478 e. The minimum Gasteiger partial charge on any atom is -0.478 e. The molecule has 0 heterocycles. The zero-order chi connectivity index (χ0) is 17.8. The van der Waals surface area contributed by atoms with Gasteiger partial charge in [0.15, 0.2) is 0 Å².